The highest BCUT2D eigenvalue weighted by Gasteiger charge is 2.21. The summed E-state index contributed by atoms with van der Waals surface area (Å²) in [4.78, 5) is 0.600. The van der Waals surface area contributed by atoms with Crippen LogP contribution in [0.2, 0.25) is 10.0 Å². The van der Waals surface area contributed by atoms with E-state index in [1.807, 2.05) is 0 Å². The number of hydrogen-bond donors (Lipinski definition) is 2. The quantitative estimate of drug-likeness (QED) is 0.754. The largest absolute Gasteiger partial charge is 0.391 e. The third kappa shape index (κ3) is 3.72. The summed E-state index contributed by atoms with van der Waals surface area (Å²) in [6, 6.07) is 4.59. The lowest BCUT2D eigenvalue weighted by Gasteiger charge is -2.10. The van der Waals surface area contributed by atoms with Crippen molar-refractivity contribution in [1.29, 1.82) is 0 Å². The van der Waals surface area contributed by atoms with E-state index in [9.17, 15) is 8.42 Å². The fourth-order valence-corrected chi connectivity index (χ4v) is 5.57. The first-order chi connectivity index (χ1) is 9.74. The van der Waals surface area contributed by atoms with Crippen molar-refractivity contribution >= 4 is 66.2 Å². The van der Waals surface area contributed by atoms with Gasteiger partial charge >= 0.3 is 0 Å². The van der Waals surface area contributed by atoms with Crippen molar-refractivity contribution in [2.24, 2.45) is 0 Å². The summed E-state index contributed by atoms with van der Waals surface area (Å²) in [5, 5.41) is 9.53. The van der Waals surface area contributed by atoms with E-state index in [-0.39, 0.29) is 26.5 Å². The normalized spacial score (nSPS) is 11.7. The van der Waals surface area contributed by atoms with Crippen LogP contribution in [0.15, 0.2) is 26.9 Å². The third-order valence-electron chi connectivity index (χ3n) is 2.65. The van der Waals surface area contributed by atoms with Crippen molar-refractivity contribution in [3.8, 4) is 0 Å². The van der Waals surface area contributed by atoms with Crippen LogP contribution in [0.1, 0.15) is 10.4 Å². The zero-order valence-corrected chi connectivity index (χ0v) is 15.4. The number of sulfonamides is 1. The number of aliphatic hydroxyl groups is 1. The molecule has 0 radical (unpaired) electrons. The highest BCUT2D eigenvalue weighted by molar-refractivity contribution is 9.10. The minimum atomic E-state index is -3.81. The molecular weight excluding hydrogens is 421 g/mol. The first kappa shape index (κ1) is 17.1. The van der Waals surface area contributed by atoms with Crippen LogP contribution in [-0.4, -0.2) is 13.5 Å². The van der Waals surface area contributed by atoms with E-state index < -0.39 is 10.0 Å². The highest BCUT2D eigenvalue weighted by atomic mass is 79.9. The molecule has 0 unspecified atom stereocenters. The molecule has 0 atom stereocenters. The van der Waals surface area contributed by atoms with Gasteiger partial charge in [-0.25, -0.2) is 8.42 Å². The van der Waals surface area contributed by atoms with Crippen molar-refractivity contribution < 1.29 is 13.5 Å². The second-order valence-electron chi connectivity index (χ2n) is 4.18. The smallest absolute Gasteiger partial charge is 0.271 e. The van der Waals surface area contributed by atoms with E-state index in [1.165, 1.54) is 6.07 Å². The molecule has 4 nitrogen and oxygen atoms in total. The predicted octanol–water partition coefficient (Wildman–Crippen LogP) is 4.42. The molecule has 114 valence electrons. The van der Waals surface area contributed by atoms with Gasteiger partial charge in [-0.3, -0.25) is 4.72 Å². The number of rotatable bonds is 4. The van der Waals surface area contributed by atoms with Crippen LogP contribution in [0.5, 0.6) is 0 Å². The third-order valence-corrected chi connectivity index (χ3v) is 6.75. The van der Waals surface area contributed by atoms with E-state index in [0.717, 1.165) is 16.9 Å². The summed E-state index contributed by atoms with van der Waals surface area (Å²) >= 11 is 16.3. The molecule has 1 heterocycles. The Morgan fingerprint density at radius 1 is 1.29 bits per heavy atom. The molecule has 1 aromatic heterocycles. The molecule has 0 aliphatic rings. The summed E-state index contributed by atoms with van der Waals surface area (Å²) in [6.07, 6.45) is 0. The van der Waals surface area contributed by atoms with Crippen molar-refractivity contribution in [3.05, 3.63) is 43.2 Å². The fraction of sp³-hybridized carbons (Fsp3) is 0.167. The first-order valence-electron chi connectivity index (χ1n) is 5.62. The van der Waals surface area contributed by atoms with Crippen molar-refractivity contribution in [3.63, 3.8) is 0 Å². The number of thiophene rings is 1. The standard InChI is InChI=1S/C12H10BrCl2NO3S2/c1-6-2-11(20-10(6)5-17)21(18,19)16-12-8(14)3-7(13)4-9(12)15/h2-4,16-17H,5H2,1H3. The number of aliphatic hydroxyl groups excluding tert-OH is 1. The first-order valence-corrected chi connectivity index (χ1v) is 9.47. The second kappa shape index (κ2) is 6.44. The molecule has 0 aliphatic carbocycles. The van der Waals surface area contributed by atoms with Crippen molar-refractivity contribution in [2.45, 2.75) is 17.7 Å². The molecular formula is C12H10BrCl2NO3S2. The number of halogens is 3. The van der Waals surface area contributed by atoms with Crippen LogP contribution >= 0.6 is 50.5 Å². The van der Waals surface area contributed by atoms with Gasteiger partial charge in [0.1, 0.15) is 4.21 Å². The van der Waals surface area contributed by atoms with Gasteiger partial charge in [-0.1, -0.05) is 39.1 Å². The molecule has 2 rings (SSSR count). The van der Waals surface area contributed by atoms with Gasteiger partial charge in [-0.05, 0) is 30.7 Å². The molecule has 1 aromatic carbocycles. The Labute approximate surface area is 144 Å². The Balaban J connectivity index is 2.42. The predicted molar refractivity (Wildman–Crippen MR) is 89.9 cm³/mol. The van der Waals surface area contributed by atoms with Crippen LogP contribution in [0.25, 0.3) is 0 Å². The van der Waals surface area contributed by atoms with Gasteiger partial charge in [-0.15, -0.1) is 11.3 Å². The number of aryl methyl sites for hydroxylation is 1. The van der Waals surface area contributed by atoms with Gasteiger partial charge in [0.25, 0.3) is 10.0 Å². The molecule has 2 N–H and O–H groups in total. The maximum absolute atomic E-state index is 12.4. The van der Waals surface area contributed by atoms with Crippen molar-refractivity contribution in [2.75, 3.05) is 4.72 Å². The zero-order valence-electron chi connectivity index (χ0n) is 10.7. The van der Waals surface area contributed by atoms with Gasteiger partial charge in [-0.2, -0.15) is 0 Å². The average Bonchev–Trinajstić information content (AvgIpc) is 2.76. The molecule has 0 bridgehead atoms. The molecule has 0 saturated heterocycles. The lowest BCUT2D eigenvalue weighted by Crippen LogP contribution is -2.12. The minimum Gasteiger partial charge on any atom is -0.391 e. The number of nitrogens with one attached hydrogen (secondary N) is 1. The summed E-state index contributed by atoms with van der Waals surface area (Å²) < 4.78 is 27.8. The zero-order chi connectivity index (χ0) is 15.8. The van der Waals surface area contributed by atoms with Crippen molar-refractivity contribution in [1.82, 2.24) is 0 Å². The molecule has 0 aliphatic heterocycles. The molecule has 0 spiro atoms. The molecule has 0 fully saturated rings. The lowest BCUT2D eigenvalue weighted by atomic mass is 10.3. The molecule has 9 heteroatoms. The number of anilines is 1. The Hall–Kier alpha value is -0.310. The summed E-state index contributed by atoms with van der Waals surface area (Å²) in [6.45, 7) is 1.53. The van der Waals surface area contributed by atoms with Gasteiger partial charge in [0.2, 0.25) is 0 Å². The minimum absolute atomic E-state index is 0.0964. The Morgan fingerprint density at radius 2 is 1.86 bits per heavy atom. The molecule has 0 saturated carbocycles. The van der Waals surface area contributed by atoms with E-state index >= 15 is 0 Å². The van der Waals surface area contributed by atoms with Crippen LogP contribution in [0, 0.1) is 6.92 Å². The monoisotopic (exact) mass is 429 g/mol. The lowest BCUT2D eigenvalue weighted by molar-refractivity contribution is 0.285. The number of hydrogen-bond acceptors (Lipinski definition) is 4. The molecule has 2 aromatic rings. The van der Waals surface area contributed by atoms with E-state index in [4.69, 9.17) is 28.3 Å². The van der Waals surface area contributed by atoms with E-state index in [0.29, 0.717) is 9.35 Å². The molecule has 0 amide bonds. The molecule has 21 heavy (non-hydrogen) atoms. The van der Waals surface area contributed by atoms with Crippen LogP contribution in [0.4, 0.5) is 5.69 Å². The van der Waals surface area contributed by atoms with Crippen LogP contribution in [-0.2, 0) is 16.6 Å². The number of benzene rings is 1. The van der Waals surface area contributed by atoms with E-state index in [2.05, 4.69) is 20.7 Å². The topological polar surface area (TPSA) is 66.4 Å². The Bertz CT molecular complexity index is 767. The Morgan fingerprint density at radius 3 is 2.33 bits per heavy atom. The summed E-state index contributed by atoms with van der Waals surface area (Å²) in [7, 11) is -3.81. The van der Waals surface area contributed by atoms with Gasteiger partial charge in [0.05, 0.1) is 22.3 Å². The SMILES string of the molecule is Cc1cc(S(=O)(=O)Nc2c(Cl)cc(Br)cc2Cl)sc1CO. The second-order valence-corrected chi connectivity index (χ2v) is 8.96. The van der Waals surface area contributed by atoms with Crippen LogP contribution in [0.3, 0.4) is 0 Å². The summed E-state index contributed by atoms with van der Waals surface area (Å²) in [5.74, 6) is 0. The average molecular weight is 431 g/mol. The van der Waals surface area contributed by atoms with Gasteiger partial charge in [0, 0.05) is 9.35 Å². The fourth-order valence-electron chi connectivity index (χ4n) is 1.60. The van der Waals surface area contributed by atoms with Crippen LogP contribution < -0.4 is 4.72 Å². The highest BCUT2D eigenvalue weighted by Crippen LogP contribution is 2.36. The Kier molecular flexibility index (Phi) is 5.23. The van der Waals surface area contributed by atoms with E-state index in [1.54, 1.807) is 19.1 Å². The summed E-state index contributed by atoms with van der Waals surface area (Å²) in [5.41, 5.74) is 0.842. The maximum Gasteiger partial charge on any atom is 0.271 e. The van der Waals surface area contributed by atoms with Gasteiger partial charge in [0.15, 0.2) is 0 Å². The maximum atomic E-state index is 12.4. The van der Waals surface area contributed by atoms with Gasteiger partial charge < -0.3 is 5.11 Å².